The third-order valence-electron chi connectivity index (χ3n) is 2.89. The molecule has 3 N–H and O–H groups in total. The molecular weight excluding hydrogens is 287 g/mol. The van der Waals surface area contributed by atoms with Crippen molar-refractivity contribution in [1.29, 1.82) is 0 Å². The van der Waals surface area contributed by atoms with E-state index in [9.17, 15) is 19.1 Å². The van der Waals surface area contributed by atoms with Crippen molar-refractivity contribution in [3.8, 4) is 5.75 Å². The van der Waals surface area contributed by atoms with Crippen molar-refractivity contribution in [3.63, 3.8) is 0 Å². The highest BCUT2D eigenvalue weighted by Gasteiger charge is 2.07. The topological polar surface area (TPSA) is 78.4 Å². The van der Waals surface area contributed by atoms with Crippen LogP contribution in [0, 0.1) is 5.82 Å². The molecule has 0 unspecified atom stereocenters. The summed E-state index contributed by atoms with van der Waals surface area (Å²) in [4.78, 5) is 23.5. The number of hydrogen-bond donors (Lipinski definition) is 3. The smallest absolute Gasteiger partial charge is 0.251 e. The Morgan fingerprint density at radius 2 is 1.45 bits per heavy atom. The lowest BCUT2D eigenvalue weighted by Gasteiger charge is -2.07. The highest BCUT2D eigenvalue weighted by atomic mass is 19.1. The van der Waals surface area contributed by atoms with Gasteiger partial charge in [-0.25, -0.2) is 4.39 Å². The van der Waals surface area contributed by atoms with E-state index >= 15 is 0 Å². The molecule has 0 heterocycles. The Morgan fingerprint density at radius 3 is 2.00 bits per heavy atom. The average molecular weight is 302 g/mol. The van der Waals surface area contributed by atoms with Gasteiger partial charge >= 0.3 is 0 Å². The van der Waals surface area contributed by atoms with Crippen molar-refractivity contribution in [2.24, 2.45) is 0 Å². The Kier molecular flexibility index (Phi) is 5.08. The fourth-order valence-electron chi connectivity index (χ4n) is 1.83. The highest BCUT2D eigenvalue weighted by Crippen LogP contribution is 2.10. The molecule has 114 valence electrons. The molecule has 2 rings (SSSR count). The Labute approximate surface area is 126 Å². The molecule has 0 saturated heterocycles. The molecule has 0 atom stereocenters. The van der Waals surface area contributed by atoms with Gasteiger partial charge in [0.05, 0.1) is 0 Å². The number of carbonyl (C=O) groups excluding carboxylic acids is 2. The predicted octanol–water partition coefficient (Wildman–Crippen LogP) is 1.69. The van der Waals surface area contributed by atoms with Gasteiger partial charge < -0.3 is 15.7 Å². The second-order valence-electron chi connectivity index (χ2n) is 4.57. The molecule has 2 amide bonds. The molecule has 0 fully saturated rings. The number of phenolic OH excluding ortho intramolecular Hbond substituents is 1. The summed E-state index contributed by atoms with van der Waals surface area (Å²) in [6.07, 6.45) is 0. The summed E-state index contributed by atoms with van der Waals surface area (Å²) < 4.78 is 13.0. The maximum atomic E-state index is 13.0. The van der Waals surface area contributed by atoms with Gasteiger partial charge in [0.1, 0.15) is 11.6 Å². The van der Waals surface area contributed by atoms with E-state index in [-0.39, 0.29) is 30.3 Å². The third kappa shape index (κ3) is 4.31. The third-order valence-corrected chi connectivity index (χ3v) is 2.89. The first-order valence-electron chi connectivity index (χ1n) is 6.67. The molecule has 0 aliphatic heterocycles. The lowest BCUT2D eigenvalue weighted by Crippen LogP contribution is -2.34. The van der Waals surface area contributed by atoms with Gasteiger partial charge in [0.25, 0.3) is 11.8 Å². The van der Waals surface area contributed by atoms with Gasteiger partial charge in [0.2, 0.25) is 0 Å². The van der Waals surface area contributed by atoms with Crippen molar-refractivity contribution in [2.45, 2.75) is 0 Å². The lowest BCUT2D eigenvalue weighted by atomic mass is 10.2. The summed E-state index contributed by atoms with van der Waals surface area (Å²) in [6.45, 7) is 0.426. The number of amides is 2. The summed E-state index contributed by atoms with van der Waals surface area (Å²) in [5.41, 5.74) is 0.552. The molecule has 22 heavy (non-hydrogen) atoms. The zero-order valence-electron chi connectivity index (χ0n) is 11.7. The van der Waals surface area contributed by atoms with E-state index in [1.54, 1.807) is 12.1 Å². The van der Waals surface area contributed by atoms with E-state index in [0.29, 0.717) is 5.56 Å². The molecule has 0 aliphatic rings. The molecule has 0 radical (unpaired) electrons. The van der Waals surface area contributed by atoms with Crippen LogP contribution in [0.3, 0.4) is 0 Å². The molecule has 2 aromatic rings. The Bertz CT molecular complexity index is 629. The first-order chi connectivity index (χ1) is 10.6. The van der Waals surface area contributed by atoms with Gasteiger partial charge in [-0.2, -0.15) is 0 Å². The molecule has 0 spiro atoms. The number of aromatic hydroxyl groups is 1. The van der Waals surface area contributed by atoms with Crippen LogP contribution in [0.4, 0.5) is 4.39 Å². The second-order valence-corrected chi connectivity index (χ2v) is 4.57. The van der Waals surface area contributed by atoms with Gasteiger partial charge in [-0.05, 0) is 36.4 Å². The SMILES string of the molecule is O=C(NCCNC(=O)c1cccc(F)c1)c1cccc(O)c1. The normalized spacial score (nSPS) is 10.0. The summed E-state index contributed by atoms with van der Waals surface area (Å²) in [7, 11) is 0. The number of nitrogens with one attached hydrogen (secondary N) is 2. The summed E-state index contributed by atoms with van der Waals surface area (Å²) in [6, 6.07) is 11.3. The van der Waals surface area contributed by atoms with Crippen molar-refractivity contribution >= 4 is 11.8 Å². The van der Waals surface area contributed by atoms with E-state index in [0.717, 1.165) is 6.07 Å². The molecular formula is C16H15FN2O3. The van der Waals surface area contributed by atoms with Crippen LogP contribution in [-0.4, -0.2) is 30.0 Å². The fraction of sp³-hybridized carbons (Fsp3) is 0.125. The summed E-state index contributed by atoms with van der Waals surface area (Å²) in [5.74, 6) is -1.24. The first-order valence-corrected chi connectivity index (χ1v) is 6.67. The minimum atomic E-state index is -0.482. The predicted molar refractivity (Wildman–Crippen MR) is 79.2 cm³/mol. The summed E-state index contributed by atoms with van der Waals surface area (Å²) >= 11 is 0. The molecule has 0 saturated carbocycles. The maximum Gasteiger partial charge on any atom is 0.251 e. The molecule has 5 nitrogen and oxygen atoms in total. The van der Waals surface area contributed by atoms with Crippen molar-refractivity contribution in [1.82, 2.24) is 10.6 Å². The average Bonchev–Trinajstić information content (AvgIpc) is 2.51. The van der Waals surface area contributed by atoms with E-state index in [2.05, 4.69) is 10.6 Å². The first kappa shape index (κ1) is 15.5. The molecule has 0 aliphatic carbocycles. The van der Waals surface area contributed by atoms with Crippen molar-refractivity contribution < 1.29 is 19.1 Å². The van der Waals surface area contributed by atoms with Crippen molar-refractivity contribution in [2.75, 3.05) is 13.1 Å². The molecule has 0 bridgehead atoms. The maximum absolute atomic E-state index is 13.0. The van der Waals surface area contributed by atoms with E-state index in [4.69, 9.17) is 0 Å². The Morgan fingerprint density at radius 1 is 0.909 bits per heavy atom. The van der Waals surface area contributed by atoms with Gasteiger partial charge in [-0.3, -0.25) is 9.59 Å². The van der Waals surface area contributed by atoms with E-state index < -0.39 is 11.7 Å². The quantitative estimate of drug-likeness (QED) is 0.735. The Hall–Kier alpha value is -2.89. The Balaban J connectivity index is 1.77. The van der Waals surface area contributed by atoms with Crippen LogP contribution in [0.2, 0.25) is 0 Å². The number of rotatable bonds is 5. The minimum Gasteiger partial charge on any atom is -0.508 e. The number of carbonyl (C=O) groups is 2. The van der Waals surface area contributed by atoms with Crippen molar-refractivity contribution in [3.05, 3.63) is 65.5 Å². The number of hydrogen-bond acceptors (Lipinski definition) is 3. The van der Waals surface area contributed by atoms with Gasteiger partial charge in [-0.1, -0.05) is 12.1 Å². The van der Waals surface area contributed by atoms with Crippen LogP contribution in [0.25, 0.3) is 0 Å². The van der Waals surface area contributed by atoms with Crippen LogP contribution >= 0.6 is 0 Å². The van der Waals surface area contributed by atoms with Crippen LogP contribution in [0.1, 0.15) is 20.7 Å². The standard InChI is InChI=1S/C16H15FN2O3/c17-13-5-1-3-11(9-13)15(21)18-7-8-19-16(22)12-4-2-6-14(20)10-12/h1-6,9-10,20H,7-8H2,(H,18,21)(H,19,22). The zero-order valence-corrected chi connectivity index (χ0v) is 11.7. The van der Waals surface area contributed by atoms with E-state index in [1.807, 2.05) is 0 Å². The zero-order chi connectivity index (χ0) is 15.9. The van der Waals surface area contributed by atoms with Crippen LogP contribution < -0.4 is 10.6 Å². The highest BCUT2D eigenvalue weighted by molar-refractivity contribution is 5.95. The second kappa shape index (κ2) is 7.21. The largest absolute Gasteiger partial charge is 0.508 e. The monoisotopic (exact) mass is 302 g/mol. The van der Waals surface area contributed by atoms with Gasteiger partial charge in [-0.15, -0.1) is 0 Å². The van der Waals surface area contributed by atoms with Crippen LogP contribution in [0.15, 0.2) is 48.5 Å². The molecule has 0 aromatic heterocycles. The minimum absolute atomic E-state index is 0.00653. The number of phenols is 1. The van der Waals surface area contributed by atoms with Crippen LogP contribution in [-0.2, 0) is 0 Å². The molecule has 2 aromatic carbocycles. The fourth-order valence-corrected chi connectivity index (χ4v) is 1.83. The number of benzene rings is 2. The van der Waals surface area contributed by atoms with Gasteiger partial charge in [0, 0.05) is 24.2 Å². The number of halogens is 1. The molecule has 6 heteroatoms. The lowest BCUT2D eigenvalue weighted by molar-refractivity contribution is 0.0927. The van der Waals surface area contributed by atoms with Gasteiger partial charge in [0.15, 0.2) is 0 Å². The van der Waals surface area contributed by atoms with Crippen LogP contribution in [0.5, 0.6) is 5.75 Å². The summed E-state index contributed by atoms with van der Waals surface area (Å²) in [5, 5.41) is 14.5. The van der Waals surface area contributed by atoms with E-state index in [1.165, 1.54) is 30.3 Å².